The third kappa shape index (κ3) is 4.22. The van der Waals surface area contributed by atoms with Gasteiger partial charge in [-0.05, 0) is 55.3 Å². The number of rotatable bonds is 4. The molecule has 1 amide bonds. The Morgan fingerprint density at radius 2 is 1.77 bits per heavy atom. The number of carbonyl (C=O) groups is 1. The van der Waals surface area contributed by atoms with E-state index in [1.807, 2.05) is 38.1 Å². The number of benzene rings is 2. The first-order valence-electron chi connectivity index (χ1n) is 8.02. The van der Waals surface area contributed by atoms with Crippen LogP contribution in [0.1, 0.15) is 27.2 Å². The molecule has 0 unspecified atom stereocenters. The molecule has 0 saturated carbocycles. The summed E-state index contributed by atoms with van der Waals surface area (Å²) in [6.07, 6.45) is 2.89. The number of amides is 1. The Hall–Kier alpha value is -3.72. The van der Waals surface area contributed by atoms with Crippen LogP contribution in [0, 0.1) is 25.2 Å². The molecule has 1 aromatic heterocycles. The maximum atomic E-state index is 12.3. The van der Waals surface area contributed by atoms with E-state index < -0.39 is 0 Å². The quantitative estimate of drug-likeness (QED) is 0.748. The van der Waals surface area contributed by atoms with Crippen molar-refractivity contribution in [2.75, 3.05) is 10.6 Å². The van der Waals surface area contributed by atoms with Crippen molar-refractivity contribution in [3.63, 3.8) is 0 Å². The Balaban J connectivity index is 1.70. The summed E-state index contributed by atoms with van der Waals surface area (Å²) in [5.41, 5.74) is 4.37. The van der Waals surface area contributed by atoms with Crippen LogP contribution in [0.25, 0.3) is 0 Å². The summed E-state index contributed by atoms with van der Waals surface area (Å²) in [7, 11) is 0. The van der Waals surface area contributed by atoms with Crippen LogP contribution in [0.4, 0.5) is 17.2 Å². The largest absolute Gasteiger partial charge is 0.339 e. The van der Waals surface area contributed by atoms with Gasteiger partial charge in [0, 0.05) is 11.4 Å². The molecule has 2 aromatic carbocycles. The molecule has 0 bridgehead atoms. The average molecular weight is 343 g/mol. The predicted octanol–water partition coefficient (Wildman–Crippen LogP) is 3.96. The van der Waals surface area contributed by atoms with Crippen molar-refractivity contribution in [3.8, 4) is 6.07 Å². The topological polar surface area (TPSA) is 90.7 Å². The lowest BCUT2D eigenvalue weighted by atomic mass is 10.1. The van der Waals surface area contributed by atoms with Gasteiger partial charge in [0.25, 0.3) is 5.91 Å². The second-order valence-corrected chi connectivity index (χ2v) is 5.93. The van der Waals surface area contributed by atoms with Crippen LogP contribution in [0.15, 0.2) is 54.9 Å². The number of anilines is 3. The molecule has 0 aliphatic carbocycles. The van der Waals surface area contributed by atoms with E-state index in [0.717, 1.165) is 22.5 Å². The molecule has 0 saturated heterocycles. The van der Waals surface area contributed by atoms with Crippen LogP contribution in [0.5, 0.6) is 0 Å². The van der Waals surface area contributed by atoms with Crippen LogP contribution >= 0.6 is 0 Å². The first kappa shape index (κ1) is 17.1. The summed E-state index contributed by atoms with van der Waals surface area (Å²) < 4.78 is 0. The van der Waals surface area contributed by atoms with E-state index >= 15 is 0 Å². The lowest BCUT2D eigenvalue weighted by molar-refractivity contribution is 0.102. The second kappa shape index (κ2) is 7.45. The van der Waals surface area contributed by atoms with E-state index in [2.05, 4.69) is 26.7 Å². The summed E-state index contributed by atoms with van der Waals surface area (Å²) >= 11 is 0. The van der Waals surface area contributed by atoms with Crippen LogP contribution in [0.2, 0.25) is 0 Å². The van der Waals surface area contributed by atoms with Gasteiger partial charge in [-0.3, -0.25) is 4.79 Å². The van der Waals surface area contributed by atoms with Crippen molar-refractivity contribution >= 4 is 23.1 Å². The van der Waals surface area contributed by atoms with E-state index in [1.54, 1.807) is 18.2 Å². The minimum atomic E-state index is -0.319. The first-order valence-corrected chi connectivity index (χ1v) is 8.02. The minimum absolute atomic E-state index is 0.223. The summed E-state index contributed by atoms with van der Waals surface area (Å²) in [6, 6.07) is 14.9. The molecule has 0 aliphatic rings. The number of aryl methyl sites for hydroxylation is 2. The molecule has 6 heteroatoms. The number of nitrogens with zero attached hydrogens (tertiary/aromatic N) is 3. The highest BCUT2D eigenvalue weighted by atomic mass is 16.1. The van der Waals surface area contributed by atoms with Gasteiger partial charge in [-0.2, -0.15) is 5.26 Å². The number of aromatic nitrogens is 2. The van der Waals surface area contributed by atoms with E-state index in [-0.39, 0.29) is 11.6 Å². The van der Waals surface area contributed by atoms with E-state index in [9.17, 15) is 4.79 Å². The molecule has 0 radical (unpaired) electrons. The Morgan fingerprint density at radius 3 is 2.42 bits per heavy atom. The fourth-order valence-electron chi connectivity index (χ4n) is 2.57. The second-order valence-electron chi connectivity index (χ2n) is 5.93. The number of carbonyl (C=O) groups excluding carboxylic acids is 1. The maximum absolute atomic E-state index is 12.3. The Kier molecular flexibility index (Phi) is 4.90. The third-order valence-electron chi connectivity index (χ3n) is 3.63. The highest BCUT2D eigenvalue weighted by Gasteiger charge is 2.09. The molecule has 0 atom stereocenters. The fourth-order valence-corrected chi connectivity index (χ4v) is 2.57. The van der Waals surface area contributed by atoms with Gasteiger partial charge in [-0.25, -0.2) is 9.97 Å². The van der Waals surface area contributed by atoms with Crippen LogP contribution < -0.4 is 10.6 Å². The fraction of sp³-hybridized carbons (Fsp3) is 0.100. The predicted molar refractivity (Wildman–Crippen MR) is 100 cm³/mol. The molecule has 2 N–H and O–H groups in total. The zero-order valence-corrected chi connectivity index (χ0v) is 14.4. The van der Waals surface area contributed by atoms with E-state index in [1.165, 1.54) is 12.4 Å². The molecule has 3 aromatic rings. The van der Waals surface area contributed by atoms with Crippen molar-refractivity contribution in [2.45, 2.75) is 13.8 Å². The van der Waals surface area contributed by atoms with Crippen LogP contribution in [-0.4, -0.2) is 15.9 Å². The molecule has 26 heavy (non-hydrogen) atoms. The number of hydrogen-bond acceptors (Lipinski definition) is 5. The van der Waals surface area contributed by atoms with Gasteiger partial charge < -0.3 is 10.6 Å². The molecule has 3 rings (SSSR count). The van der Waals surface area contributed by atoms with Gasteiger partial charge in [-0.1, -0.05) is 12.1 Å². The summed E-state index contributed by atoms with van der Waals surface area (Å²) in [5.74, 6) is 0.170. The number of nitrogens with one attached hydrogen (secondary N) is 2. The normalized spacial score (nSPS) is 10.0. The van der Waals surface area contributed by atoms with E-state index in [0.29, 0.717) is 11.4 Å². The highest BCUT2D eigenvalue weighted by Crippen LogP contribution is 2.16. The zero-order valence-electron chi connectivity index (χ0n) is 14.4. The first-order chi connectivity index (χ1) is 12.5. The molecule has 1 heterocycles. The van der Waals surface area contributed by atoms with Crippen molar-refractivity contribution < 1.29 is 4.79 Å². The maximum Gasteiger partial charge on any atom is 0.275 e. The highest BCUT2D eigenvalue weighted by molar-refractivity contribution is 6.02. The van der Waals surface area contributed by atoms with Gasteiger partial charge in [-0.15, -0.1) is 0 Å². The minimum Gasteiger partial charge on any atom is -0.339 e. The number of nitriles is 1. The van der Waals surface area contributed by atoms with Gasteiger partial charge in [0.15, 0.2) is 0 Å². The third-order valence-corrected chi connectivity index (χ3v) is 3.63. The van der Waals surface area contributed by atoms with Crippen molar-refractivity contribution in [3.05, 3.63) is 77.2 Å². The van der Waals surface area contributed by atoms with Gasteiger partial charge in [0.2, 0.25) is 0 Å². The standard InChI is InChI=1S/C20H17N5O/c1-13-6-14(2)8-17(7-13)25-20(26)18-11-23-19(12-22-18)24-16-5-3-4-15(9-16)10-21/h3-9,11-12H,1-2H3,(H,23,24)(H,25,26). The summed E-state index contributed by atoms with van der Waals surface area (Å²) in [6.45, 7) is 3.95. The van der Waals surface area contributed by atoms with Gasteiger partial charge >= 0.3 is 0 Å². The van der Waals surface area contributed by atoms with Crippen molar-refractivity contribution in [1.82, 2.24) is 9.97 Å². The zero-order chi connectivity index (χ0) is 18.5. The molecule has 0 fully saturated rings. The SMILES string of the molecule is Cc1cc(C)cc(NC(=O)c2cnc(Nc3cccc(C#N)c3)cn2)c1. The van der Waals surface area contributed by atoms with Crippen LogP contribution in [-0.2, 0) is 0 Å². The average Bonchev–Trinajstić information content (AvgIpc) is 2.61. The summed E-state index contributed by atoms with van der Waals surface area (Å²) in [5, 5.41) is 14.8. The lowest BCUT2D eigenvalue weighted by Crippen LogP contribution is -2.14. The Morgan fingerprint density at radius 1 is 1.00 bits per heavy atom. The van der Waals surface area contributed by atoms with Crippen LogP contribution in [0.3, 0.4) is 0 Å². The molecule has 0 aliphatic heterocycles. The van der Waals surface area contributed by atoms with Crippen molar-refractivity contribution in [2.24, 2.45) is 0 Å². The summed E-state index contributed by atoms with van der Waals surface area (Å²) in [4.78, 5) is 20.7. The molecular formula is C20H17N5O. The molecule has 128 valence electrons. The Labute approximate surface area is 151 Å². The molecular weight excluding hydrogens is 326 g/mol. The molecule has 6 nitrogen and oxygen atoms in total. The monoisotopic (exact) mass is 343 g/mol. The Bertz CT molecular complexity index is 970. The van der Waals surface area contributed by atoms with E-state index in [4.69, 9.17) is 5.26 Å². The lowest BCUT2D eigenvalue weighted by Gasteiger charge is -2.08. The molecule has 0 spiro atoms. The smallest absolute Gasteiger partial charge is 0.275 e. The van der Waals surface area contributed by atoms with Gasteiger partial charge in [0.1, 0.15) is 11.5 Å². The number of hydrogen-bond donors (Lipinski definition) is 2. The van der Waals surface area contributed by atoms with Gasteiger partial charge in [0.05, 0.1) is 24.0 Å². The van der Waals surface area contributed by atoms with Crippen molar-refractivity contribution in [1.29, 1.82) is 5.26 Å².